The Kier molecular flexibility index (Phi) is 5.12. The molecule has 108 valence electrons. The van der Waals surface area contributed by atoms with E-state index < -0.39 is 5.97 Å². The first-order valence-corrected chi connectivity index (χ1v) is 6.99. The van der Waals surface area contributed by atoms with E-state index in [2.05, 4.69) is 16.7 Å². The van der Waals surface area contributed by atoms with Crippen LogP contribution >= 0.6 is 0 Å². The van der Waals surface area contributed by atoms with Crippen LogP contribution in [0.1, 0.15) is 36.4 Å². The fraction of sp³-hybridized carbons (Fsp3) is 0.467. The third kappa shape index (κ3) is 3.81. The van der Waals surface area contributed by atoms with Crippen molar-refractivity contribution in [3.05, 3.63) is 35.4 Å². The number of hydrogen-bond donors (Lipinski definition) is 3. The normalized spacial score (nSPS) is 17.3. The maximum Gasteiger partial charge on any atom is 0.303 e. The topological polar surface area (TPSA) is 78.4 Å². The van der Waals surface area contributed by atoms with E-state index in [1.54, 1.807) is 0 Å². The van der Waals surface area contributed by atoms with Crippen LogP contribution < -0.4 is 10.6 Å². The summed E-state index contributed by atoms with van der Waals surface area (Å²) in [6.45, 7) is 1.32. The highest BCUT2D eigenvalue weighted by Crippen LogP contribution is 2.22. The summed E-state index contributed by atoms with van der Waals surface area (Å²) in [5.74, 6) is -0.827. The lowest BCUT2D eigenvalue weighted by Crippen LogP contribution is -2.41. The van der Waals surface area contributed by atoms with Crippen molar-refractivity contribution in [2.45, 2.75) is 31.7 Å². The lowest BCUT2D eigenvalue weighted by Gasteiger charge is -2.26. The maximum atomic E-state index is 12.2. The van der Waals surface area contributed by atoms with E-state index in [1.807, 2.05) is 18.2 Å². The molecule has 1 unspecified atom stereocenters. The second kappa shape index (κ2) is 7.05. The van der Waals surface area contributed by atoms with Gasteiger partial charge in [0.1, 0.15) is 6.04 Å². The number of unbranched alkanes of at least 4 members (excludes halogenated alkanes) is 1. The summed E-state index contributed by atoms with van der Waals surface area (Å²) in [7, 11) is 0. The third-order valence-electron chi connectivity index (χ3n) is 3.49. The molecule has 3 N–H and O–H groups in total. The van der Waals surface area contributed by atoms with Gasteiger partial charge in [0.25, 0.3) is 0 Å². The number of carboxylic acids is 1. The van der Waals surface area contributed by atoms with Crippen LogP contribution in [0.4, 0.5) is 0 Å². The molecule has 2 rings (SSSR count). The molecule has 5 heteroatoms. The van der Waals surface area contributed by atoms with Crippen molar-refractivity contribution in [2.75, 3.05) is 13.1 Å². The molecule has 0 saturated heterocycles. The summed E-state index contributed by atoms with van der Waals surface area (Å²) in [4.78, 5) is 22.6. The van der Waals surface area contributed by atoms with Gasteiger partial charge in [-0.15, -0.1) is 0 Å². The molecule has 5 nitrogen and oxygen atoms in total. The van der Waals surface area contributed by atoms with Gasteiger partial charge in [0.15, 0.2) is 0 Å². The summed E-state index contributed by atoms with van der Waals surface area (Å²) < 4.78 is 0. The first-order chi connectivity index (χ1) is 9.68. The van der Waals surface area contributed by atoms with E-state index in [-0.39, 0.29) is 18.4 Å². The minimum atomic E-state index is -0.792. The van der Waals surface area contributed by atoms with Crippen molar-refractivity contribution in [3.8, 4) is 0 Å². The Bertz CT molecular complexity index is 488. The molecule has 0 spiro atoms. The number of carboxylic acid groups (broad SMARTS) is 1. The largest absolute Gasteiger partial charge is 0.481 e. The highest BCUT2D eigenvalue weighted by Gasteiger charge is 2.25. The SMILES string of the molecule is O=C(O)CCCCNC(=O)C1NCCc2ccccc21. The van der Waals surface area contributed by atoms with E-state index in [0.717, 1.165) is 18.5 Å². The van der Waals surface area contributed by atoms with Crippen molar-refractivity contribution >= 4 is 11.9 Å². The molecular formula is C15H20N2O3. The zero-order chi connectivity index (χ0) is 14.4. The van der Waals surface area contributed by atoms with Crippen molar-refractivity contribution < 1.29 is 14.7 Å². The second-order valence-corrected chi connectivity index (χ2v) is 4.98. The molecular weight excluding hydrogens is 256 g/mol. The monoisotopic (exact) mass is 276 g/mol. The van der Waals surface area contributed by atoms with Gasteiger partial charge in [0.05, 0.1) is 0 Å². The van der Waals surface area contributed by atoms with Crippen LogP contribution in [0.5, 0.6) is 0 Å². The molecule has 1 aliphatic rings. The van der Waals surface area contributed by atoms with Crippen LogP contribution in [-0.4, -0.2) is 30.1 Å². The minimum absolute atomic E-state index is 0.0347. The van der Waals surface area contributed by atoms with Gasteiger partial charge in [0, 0.05) is 19.5 Å². The molecule has 1 heterocycles. The smallest absolute Gasteiger partial charge is 0.303 e. The summed E-state index contributed by atoms with van der Waals surface area (Å²) in [6, 6.07) is 7.68. The quantitative estimate of drug-likeness (QED) is 0.683. The molecule has 20 heavy (non-hydrogen) atoms. The molecule has 0 saturated carbocycles. The van der Waals surface area contributed by atoms with Gasteiger partial charge < -0.3 is 15.7 Å². The maximum absolute atomic E-state index is 12.2. The second-order valence-electron chi connectivity index (χ2n) is 4.98. The van der Waals surface area contributed by atoms with E-state index in [0.29, 0.717) is 19.4 Å². The first kappa shape index (κ1) is 14.5. The summed E-state index contributed by atoms with van der Waals surface area (Å²) in [5, 5.41) is 14.6. The van der Waals surface area contributed by atoms with E-state index in [9.17, 15) is 9.59 Å². The number of nitrogens with one attached hydrogen (secondary N) is 2. The highest BCUT2D eigenvalue weighted by molar-refractivity contribution is 5.83. The number of aliphatic carboxylic acids is 1. The van der Waals surface area contributed by atoms with E-state index >= 15 is 0 Å². The number of fused-ring (bicyclic) bond motifs is 1. The molecule has 1 aromatic carbocycles. The van der Waals surface area contributed by atoms with Crippen molar-refractivity contribution in [3.63, 3.8) is 0 Å². The highest BCUT2D eigenvalue weighted by atomic mass is 16.4. The number of amides is 1. The Morgan fingerprint density at radius 2 is 2.10 bits per heavy atom. The number of hydrogen-bond acceptors (Lipinski definition) is 3. The number of carbonyl (C=O) groups is 2. The Hall–Kier alpha value is -1.88. The molecule has 0 aromatic heterocycles. The van der Waals surface area contributed by atoms with E-state index in [1.165, 1.54) is 5.56 Å². The number of benzene rings is 1. The number of rotatable bonds is 6. The van der Waals surface area contributed by atoms with Gasteiger partial charge in [0.2, 0.25) is 5.91 Å². The van der Waals surface area contributed by atoms with Gasteiger partial charge in [-0.25, -0.2) is 0 Å². The Morgan fingerprint density at radius 1 is 1.30 bits per heavy atom. The molecule has 1 atom stereocenters. The Morgan fingerprint density at radius 3 is 2.90 bits per heavy atom. The molecule has 0 bridgehead atoms. The van der Waals surface area contributed by atoms with Gasteiger partial charge in [-0.1, -0.05) is 24.3 Å². The first-order valence-electron chi connectivity index (χ1n) is 6.99. The van der Waals surface area contributed by atoms with Crippen molar-refractivity contribution in [1.29, 1.82) is 0 Å². The van der Waals surface area contributed by atoms with Gasteiger partial charge >= 0.3 is 5.97 Å². The van der Waals surface area contributed by atoms with Crippen LogP contribution in [0.25, 0.3) is 0 Å². The Balaban J connectivity index is 1.83. The average Bonchev–Trinajstić information content (AvgIpc) is 2.45. The fourth-order valence-electron chi connectivity index (χ4n) is 2.45. The summed E-state index contributed by atoms with van der Waals surface area (Å²) >= 11 is 0. The van der Waals surface area contributed by atoms with Gasteiger partial charge in [-0.3, -0.25) is 9.59 Å². The average molecular weight is 276 g/mol. The summed E-state index contributed by atoms with van der Waals surface area (Å²) in [6.07, 6.45) is 2.37. The summed E-state index contributed by atoms with van der Waals surface area (Å²) in [5.41, 5.74) is 2.26. The Labute approximate surface area is 118 Å². The number of carbonyl (C=O) groups excluding carboxylic acids is 1. The molecule has 1 aliphatic heterocycles. The zero-order valence-corrected chi connectivity index (χ0v) is 11.4. The predicted octanol–water partition coefficient (Wildman–Crippen LogP) is 1.24. The molecule has 0 radical (unpaired) electrons. The third-order valence-corrected chi connectivity index (χ3v) is 3.49. The predicted molar refractivity (Wildman–Crippen MR) is 75.4 cm³/mol. The molecule has 1 amide bonds. The van der Waals surface area contributed by atoms with E-state index in [4.69, 9.17) is 5.11 Å². The standard InChI is InChI=1S/C15H20N2O3/c18-13(19)7-3-4-9-17-15(20)14-12-6-2-1-5-11(12)8-10-16-14/h1-2,5-6,14,16H,3-4,7-10H2,(H,17,20)(H,18,19). The van der Waals surface area contributed by atoms with Gasteiger partial charge in [-0.05, 0) is 30.4 Å². The lowest BCUT2D eigenvalue weighted by atomic mass is 9.94. The van der Waals surface area contributed by atoms with Crippen LogP contribution in [0, 0.1) is 0 Å². The molecule has 1 aromatic rings. The van der Waals surface area contributed by atoms with Crippen molar-refractivity contribution in [1.82, 2.24) is 10.6 Å². The van der Waals surface area contributed by atoms with Crippen LogP contribution in [0.15, 0.2) is 24.3 Å². The van der Waals surface area contributed by atoms with Crippen molar-refractivity contribution in [2.24, 2.45) is 0 Å². The van der Waals surface area contributed by atoms with Crippen LogP contribution in [0.2, 0.25) is 0 Å². The lowest BCUT2D eigenvalue weighted by molar-refractivity contribution is -0.137. The molecule has 0 fully saturated rings. The van der Waals surface area contributed by atoms with Crippen LogP contribution in [0.3, 0.4) is 0 Å². The van der Waals surface area contributed by atoms with Crippen LogP contribution in [-0.2, 0) is 16.0 Å². The fourth-order valence-corrected chi connectivity index (χ4v) is 2.45. The molecule has 0 aliphatic carbocycles. The van der Waals surface area contributed by atoms with Gasteiger partial charge in [-0.2, -0.15) is 0 Å². The minimum Gasteiger partial charge on any atom is -0.481 e. The zero-order valence-electron chi connectivity index (χ0n) is 11.4.